The smallest absolute Gasteiger partial charge is 0.315 e. The number of nitrogens with zero attached hydrogens (tertiary/aromatic N) is 2. The molecule has 7 nitrogen and oxygen atoms in total. The van der Waals surface area contributed by atoms with Gasteiger partial charge in [0.1, 0.15) is 5.82 Å². The molecule has 0 aliphatic rings. The fourth-order valence-corrected chi connectivity index (χ4v) is 2.93. The summed E-state index contributed by atoms with van der Waals surface area (Å²) in [7, 11) is 0. The predicted molar refractivity (Wildman–Crippen MR) is 105 cm³/mol. The Bertz CT molecular complexity index is 965. The normalized spacial score (nSPS) is 11.0. The minimum absolute atomic E-state index is 0.120. The third-order valence-corrected chi connectivity index (χ3v) is 4.50. The van der Waals surface area contributed by atoms with Gasteiger partial charge in [0.25, 0.3) is 0 Å². The number of ether oxygens (including phenoxy) is 2. The van der Waals surface area contributed by atoms with Crippen LogP contribution in [-0.2, 0) is 0 Å². The average molecular weight is 410 g/mol. The number of benzene rings is 2. The molecule has 0 amide bonds. The molecule has 1 N–H and O–H groups in total. The average Bonchev–Trinajstić information content (AvgIpc) is 3.03. The van der Waals surface area contributed by atoms with Gasteiger partial charge in [0.2, 0.25) is 5.75 Å². The highest BCUT2D eigenvalue weighted by molar-refractivity contribution is 6.42. The molecule has 1 heterocycles. The summed E-state index contributed by atoms with van der Waals surface area (Å²) >= 11 is 12.1. The zero-order chi connectivity index (χ0) is 19.6. The molecular weight excluding hydrogens is 393 g/mol. The maximum Gasteiger partial charge on any atom is 0.315 e. The van der Waals surface area contributed by atoms with Gasteiger partial charge >= 0.3 is 5.69 Å². The van der Waals surface area contributed by atoms with Gasteiger partial charge in [0.05, 0.1) is 39.2 Å². The van der Waals surface area contributed by atoms with Crippen LogP contribution < -0.4 is 9.47 Å². The molecule has 142 valence electrons. The van der Waals surface area contributed by atoms with Gasteiger partial charge in [0.15, 0.2) is 5.75 Å². The SMILES string of the molecule is CCCOc1c(OCC)cc(-c2nc3cc(Cl)c(Cl)cc3[nH]2)cc1[N+](=O)[O-]. The molecule has 0 radical (unpaired) electrons. The predicted octanol–water partition coefficient (Wildman–Crippen LogP) is 5.63. The first-order valence-electron chi connectivity index (χ1n) is 8.37. The van der Waals surface area contributed by atoms with Crippen LogP contribution in [0.5, 0.6) is 11.5 Å². The van der Waals surface area contributed by atoms with Gasteiger partial charge in [-0.05, 0) is 31.5 Å². The monoisotopic (exact) mass is 409 g/mol. The van der Waals surface area contributed by atoms with Gasteiger partial charge in [-0.1, -0.05) is 30.1 Å². The molecule has 9 heteroatoms. The van der Waals surface area contributed by atoms with Crippen LogP contribution >= 0.6 is 23.2 Å². The van der Waals surface area contributed by atoms with E-state index in [1.807, 2.05) is 6.92 Å². The van der Waals surface area contributed by atoms with Crippen LogP contribution in [0.15, 0.2) is 24.3 Å². The van der Waals surface area contributed by atoms with Crippen molar-refractivity contribution < 1.29 is 14.4 Å². The molecule has 0 aliphatic carbocycles. The number of fused-ring (bicyclic) bond motifs is 1. The van der Waals surface area contributed by atoms with Gasteiger partial charge in [-0.25, -0.2) is 4.98 Å². The molecule has 0 atom stereocenters. The second-order valence-corrected chi connectivity index (χ2v) is 6.54. The minimum Gasteiger partial charge on any atom is -0.490 e. The molecule has 2 aromatic carbocycles. The van der Waals surface area contributed by atoms with E-state index in [-0.39, 0.29) is 11.4 Å². The molecule has 3 rings (SSSR count). The lowest BCUT2D eigenvalue weighted by Gasteiger charge is -2.13. The van der Waals surface area contributed by atoms with Crippen molar-refractivity contribution in [3.8, 4) is 22.9 Å². The molecule has 27 heavy (non-hydrogen) atoms. The van der Waals surface area contributed by atoms with E-state index in [0.717, 1.165) is 6.42 Å². The Labute approximate surface area is 165 Å². The van der Waals surface area contributed by atoms with E-state index in [2.05, 4.69) is 9.97 Å². The second kappa shape index (κ2) is 8.02. The number of imidazole rings is 1. The summed E-state index contributed by atoms with van der Waals surface area (Å²) in [5.41, 5.74) is 1.59. The fourth-order valence-electron chi connectivity index (χ4n) is 2.61. The molecule has 3 aromatic rings. The maximum atomic E-state index is 11.6. The first-order chi connectivity index (χ1) is 12.9. The molecule has 0 saturated heterocycles. The summed E-state index contributed by atoms with van der Waals surface area (Å²) in [4.78, 5) is 18.7. The largest absolute Gasteiger partial charge is 0.490 e. The van der Waals surface area contributed by atoms with E-state index in [0.29, 0.717) is 51.4 Å². The lowest BCUT2D eigenvalue weighted by molar-refractivity contribution is -0.385. The number of nitrogens with one attached hydrogen (secondary N) is 1. The Hall–Kier alpha value is -2.51. The van der Waals surface area contributed by atoms with Crippen LogP contribution in [0.25, 0.3) is 22.4 Å². The van der Waals surface area contributed by atoms with Gasteiger partial charge in [-0.15, -0.1) is 0 Å². The number of halogens is 2. The van der Waals surface area contributed by atoms with Crippen molar-refractivity contribution in [2.24, 2.45) is 0 Å². The Balaban J connectivity index is 2.16. The highest BCUT2D eigenvalue weighted by Crippen LogP contribution is 2.41. The number of hydrogen-bond donors (Lipinski definition) is 1. The quantitative estimate of drug-likeness (QED) is 0.403. The minimum atomic E-state index is -0.493. The van der Waals surface area contributed by atoms with E-state index in [4.69, 9.17) is 32.7 Å². The molecule has 0 aliphatic heterocycles. The molecule has 0 fully saturated rings. The van der Waals surface area contributed by atoms with Crippen molar-refractivity contribution in [1.82, 2.24) is 9.97 Å². The Morgan fingerprint density at radius 1 is 1.15 bits per heavy atom. The summed E-state index contributed by atoms with van der Waals surface area (Å²) in [5, 5.41) is 12.4. The van der Waals surface area contributed by atoms with E-state index < -0.39 is 4.92 Å². The maximum absolute atomic E-state index is 11.6. The molecule has 0 bridgehead atoms. The highest BCUT2D eigenvalue weighted by atomic mass is 35.5. The van der Waals surface area contributed by atoms with Crippen LogP contribution in [0.4, 0.5) is 5.69 Å². The topological polar surface area (TPSA) is 90.3 Å². The first-order valence-corrected chi connectivity index (χ1v) is 9.13. The van der Waals surface area contributed by atoms with Gasteiger partial charge in [0, 0.05) is 11.6 Å². The number of aromatic nitrogens is 2. The van der Waals surface area contributed by atoms with Crippen LogP contribution in [0.2, 0.25) is 10.0 Å². The number of rotatable bonds is 7. The Morgan fingerprint density at radius 3 is 2.56 bits per heavy atom. The number of nitro groups is 1. The number of nitro benzene ring substituents is 1. The summed E-state index contributed by atoms with van der Waals surface area (Å²) < 4.78 is 11.2. The Kier molecular flexibility index (Phi) is 5.72. The van der Waals surface area contributed by atoms with E-state index in [1.165, 1.54) is 6.07 Å². The molecule has 0 spiro atoms. The second-order valence-electron chi connectivity index (χ2n) is 5.73. The van der Waals surface area contributed by atoms with E-state index >= 15 is 0 Å². The number of hydrogen-bond acceptors (Lipinski definition) is 5. The fraction of sp³-hybridized carbons (Fsp3) is 0.278. The molecule has 1 aromatic heterocycles. The van der Waals surface area contributed by atoms with Crippen molar-refractivity contribution in [1.29, 1.82) is 0 Å². The lowest BCUT2D eigenvalue weighted by atomic mass is 10.1. The van der Waals surface area contributed by atoms with Gasteiger partial charge in [-0.2, -0.15) is 0 Å². The molecule has 0 unspecified atom stereocenters. The van der Waals surface area contributed by atoms with Crippen LogP contribution in [0.3, 0.4) is 0 Å². The van der Waals surface area contributed by atoms with Crippen molar-refractivity contribution in [3.63, 3.8) is 0 Å². The number of H-pyrrole nitrogens is 1. The summed E-state index contributed by atoms with van der Waals surface area (Å²) in [5.74, 6) is 0.857. The third-order valence-electron chi connectivity index (χ3n) is 3.78. The zero-order valence-electron chi connectivity index (χ0n) is 14.7. The van der Waals surface area contributed by atoms with E-state index in [1.54, 1.807) is 25.1 Å². The number of aromatic amines is 1. The van der Waals surface area contributed by atoms with Crippen LogP contribution in [0, 0.1) is 10.1 Å². The zero-order valence-corrected chi connectivity index (χ0v) is 16.2. The Morgan fingerprint density at radius 2 is 1.89 bits per heavy atom. The van der Waals surface area contributed by atoms with Gasteiger partial charge < -0.3 is 14.5 Å². The van der Waals surface area contributed by atoms with E-state index in [9.17, 15) is 10.1 Å². The summed E-state index contributed by atoms with van der Waals surface area (Å²) in [6.45, 7) is 4.41. The van der Waals surface area contributed by atoms with Crippen LogP contribution in [-0.4, -0.2) is 28.1 Å². The highest BCUT2D eigenvalue weighted by Gasteiger charge is 2.24. The van der Waals surface area contributed by atoms with Crippen molar-refractivity contribution in [2.75, 3.05) is 13.2 Å². The summed E-state index contributed by atoms with van der Waals surface area (Å²) in [6, 6.07) is 6.37. The van der Waals surface area contributed by atoms with Crippen molar-refractivity contribution in [2.45, 2.75) is 20.3 Å². The third kappa shape index (κ3) is 3.94. The standard InChI is InChI=1S/C18H17Cl2N3O4/c1-3-5-27-17-15(23(24)25)6-10(7-16(17)26-4-2)18-21-13-8-11(19)12(20)9-14(13)22-18/h6-9H,3-5H2,1-2H3,(H,21,22). The van der Waals surface area contributed by atoms with Crippen LogP contribution in [0.1, 0.15) is 20.3 Å². The van der Waals surface area contributed by atoms with Crippen molar-refractivity contribution in [3.05, 3.63) is 44.4 Å². The molecule has 0 saturated carbocycles. The summed E-state index contributed by atoms with van der Waals surface area (Å²) in [6.07, 6.45) is 0.718. The van der Waals surface area contributed by atoms with Gasteiger partial charge in [-0.3, -0.25) is 10.1 Å². The van der Waals surface area contributed by atoms with Crippen molar-refractivity contribution >= 4 is 39.9 Å². The first kappa shape index (κ1) is 19.3. The lowest BCUT2D eigenvalue weighted by Crippen LogP contribution is -2.04. The molecular formula is C18H17Cl2N3O4.